The van der Waals surface area contributed by atoms with Gasteiger partial charge in [-0.15, -0.1) is 11.3 Å². The lowest BCUT2D eigenvalue weighted by Crippen LogP contribution is -2.13. The van der Waals surface area contributed by atoms with E-state index in [9.17, 15) is 0 Å². The molecule has 1 N–H and O–H groups in total. The Kier molecular flexibility index (Phi) is 5.77. The Morgan fingerprint density at radius 2 is 2.20 bits per heavy atom. The Balaban J connectivity index is 1.88. The number of thiazole rings is 1. The van der Waals surface area contributed by atoms with Crippen molar-refractivity contribution in [3.8, 4) is 5.75 Å². The lowest BCUT2D eigenvalue weighted by atomic mass is 10.2. The van der Waals surface area contributed by atoms with E-state index in [1.165, 1.54) is 4.88 Å². The quantitative estimate of drug-likeness (QED) is 0.754. The van der Waals surface area contributed by atoms with Crippen LogP contribution in [0.5, 0.6) is 5.75 Å². The van der Waals surface area contributed by atoms with Crippen LogP contribution in [0.25, 0.3) is 0 Å². The predicted molar refractivity (Wildman–Crippen MR) is 84.2 cm³/mol. The van der Waals surface area contributed by atoms with Gasteiger partial charge in [-0.25, -0.2) is 4.98 Å². The van der Waals surface area contributed by atoms with E-state index < -0.39 is 0 Å². The maximum atomic E-state index is 5.64. The van der Waals surface area contributed by atoms with Gasteiger partial charge in [0.1, 0.15) is 17.4 Å². The SMILES string of the molecule is C=CCOc1ccccc1CNCc1ncc(CC)s1. The Morgan fingerprint density at radius 1 is 1.35 bits per heavy atom. The second-order valence-corrected chi connectivity index (χ2v) is 5.58. The minimum absolute atomic E-state index is 0.531. The number of nitrogens with one attached hydrogen (secondary N) is 1. The van der Waals surface area contributed by atoms with Gasteiger partial charge in [0.2, 0.25) is 0 Å². The third-order valence-corrected chi connectivity index (χ3v) is 4.01. The molecule has 0 fully saturated rings. The van der Waals surface area contributed by atoms with Crippen molar-refractivity contribution in [2.24, 2.45) is 0 Å². The highest BCUT2D eigenvalue weighted by Gasteiger charge is 2.04. The Morgan fingerprint density at radius 3 is 2.95 bits per heavy atom. The normalized spacial score (nSPS) is 10.4. The summed E-state index contributed by atoms with van der Waals surface area (Å²) >= 11 is 1.77. The molecule has 0 saturated heterocycles. The average Bonchev–Trinajstić information content (AvgIpc) is 2.94. The van der Waals surface area contributed by atoms with Crippen LogP contribution in [-0.2, 0) is 19.5 Å². The molecule has 1 aromatic heterocycles. The van der Waals surface area contributed by atoms with Gasteiger partial charge in [0.05, 0.1) is 0 Å². The Bertz CT molecular complexity index is 551. The second-order valence-electron chi connectivity index (χ2n) is 4.38. The molecule has 0 amide bonds. The summed E-state index contributed by atoms with van der Waals surface area (Å²) in [6, 6.07) is 8.07. The highest BCUT2D eigenvalue weighted by molar-refractivity contribution is 7.11. The number of hydrogen-bond donors (Lipinski definition) is 1. The van der Waals surface area contributed by atoms with Crippen molar-refractivity contribution >= 4 is 11.3 Å². The van der Waals surface area contributed by atoms with Crippen LogP contribution in [0, 0.1) is 0 Å². The fourth-order valence-corrected chi connectivity index (χ4v) is 2.67. The van der Waals surface area contributed by atoms with E-state index in [-0.39, 0.29) is 0 Å². The summed E-state index contributed by atoms with van der Waals surface area (Å²) in [4.78, 5) is 5.73. The maximum absolute atomic E-state index is 5.64. The van der Waals surface area contributed by atoms with Gasteiger partial charge >= 0.3 is 0 Å². The van der Waals surface area contributed by atoms with Crippen molar-refractivity contribution in [3.63, 3.8) is 0 Å². The molecule has 2 aromatic rings. The van der Waals surface area contributed by atoms with E-state index in [2.05, 4.69) is 29.9 Å². The van der Waals surface area contributed by atoms with Gasteiger partial charge in [0.15, 0.2) is 0 Å². The zero-order chi connectivity index (χ0) is 14.2. The number of rotatable bonds is 8. The number of benzene rings is 1. The fraction of sp³-hybridized carbons (Fsp3) is 0.312. The molecule has 2 rings (SSSR count). The topological polar surface area (TPSA) is 34.1 Å². The van der Waals surface area contributed by atoms with Gasteiger partial charge in [-0.1, -0.05) is 37.8 Å². The van der Waals surface area contributed by atoms with Crippen LogP contribution in [-0.4, -0.2) is 11.6 Å². The van der Waals surface area contributed by atoms with Gasteiger partial charge in [0.25, 0.3) is 0 Å². The van der Waals surface area contributed by atoms with Crippen molar-refractivity contribution in [1.82, 2.24) is 10.3 Å². The molecular weight excluding hydrogens is 268 g/mol. The third-order valence-electron chi connectivity index (χ3n) is 2.87. The van der Waals surface area contributed by atoms with Crippen LogP contribution in [0.4, 0.5) is 0 Å². The van der Waals surface area contributed by atoms with Crippen LogP contribution >= 0.6 is 11.3 Å². The molecule has 1 heterocycles. The molecule has 0 aliphatic rings. The molecule has 0 spiro atoms. The second kappa shape index (κ2) is 7.82. The number of aryl methyl sites for hydroxylation is 1. The minimum Gasteiger partial charge on any atom is -0.489 e. The molecule has 106 valence electrons. The summed E-state index contributed by atoms with van der Waals surface area (Å²) in [7, 11) is 0. The molecule has 0 bridgehead atoms. The highest BCUT2D eigenvalue weighted by atomic mass is 32.1. The number of nitrogens with zero attached hydrogens (tertiary/aromatic N) is 1. The molecule has 0 aliphatic heterocycles. The summed E-state index contributed by atoms with van der Waals surface area (Å²) in [5, 5.41) is 4.55. The van der Waals surface area contributed by atoms with E-state index >= 15 is 0 Å². The summed E-state index contributed by atoms with van der Waals surface area (Å²) in [6.45, 7) is 7.92. The average molecular weight is 288 g/mol. The van der Waals surface area contributed by atoms with E-state index in [0.29, 0.717) is 6.61 Å². The van der Waals surface area contributed by atoms with Gasteiger partial charge in [0, 0.05) is 29.7 Å². The lowest BCUT2D eigenvalue weighted by Gasteiger charge is -2.10. The molecule has 20 heavy (non-hydrogen) atoms. The van der Waals surface area contributed by atoms with Gasteiger partial charge in [-0.3, -0.25) is 0 Å². The Hall–Kier alpha value is -1.65. The van der Waals surface area contributed by atoms with Crippen LogP contribution in [0.1, 0.15) is 22.4 Å². The van der Waals surface area contributed by atoms with Crippen molar-refractivity contribution in [1.29, 1.82) is 0 Å². The van der Waals surface area contributed by atoms with Gasteiger partial charge < -0.3 is 10.1 Å². The third kappa shape index (κ3) is 4.18. The van der Waals surface area contributed by atoms with Crippen molar-refractivity contribution in [3.05, 3.63) is 58.6 Å². The number of aromatic nitrogens is 1. The van der Waals surface area contributed by atoms with Gasteiger partial charge in [-0.2, -0.15) is 0 Å². The molecule has 0 aliphatic carbocycles. The monoisotopic (exact) mass is 288 g/mol. The van der Waals surface area contributed by atoms with Crippen LogP contribution in [0.2, 0.25) is 0 Å². The lowest BCUT2D eigenvalue weighted by molar-refractivity contribution is 0.358. The summed E-state index contributed by atoms with van der Waals surface area (Å²) in [5.74, 6) is 0.910. The van der Waals surface area contributed by atoms with Gasteiger partial charge in [-0.05, 0) is 12.5 Å². The number of hydrogen-bond acceptors (Lipinski definition) is 4. The summed E-state index contributed by atoms with van der Waals surface area (Å²) < 4.78 is 5.64. The first-order valence-electron chi connectivity index (χ1n) is 6.79. The van der Waals surface area contributed by atoms with Crippen LogP contribution < -0.4 is 10.1 Å². The van der Waals surface area contributed by atoms with E-state index in [1.54, 1.807) is 17.4 Å². The minimum atomic E-state index is 0.531. The predicted octanol–water partition coefficient (Wildman–Crippen LogP) is 3.56. The van der Waals surface area contributed by atoms with E-state index in [0.717, 1.165) is 35.8 Å². The largest absolute Gasteiger partial charge is 0.489 e. The zero-order valence-electron chi connectivity index (χ0n) is 11.8. The highest BCUT2D eigenvalue weighted by Crippen LogP contribution is 2.18. The standard InChI is InChI=1S/C16H20N2OS/c1-3-9-19-15-8-6-5-7-13(15)10-17-12-16-18-11-14(4-2)20-16/h3,5-8,11,17H,1,4,9-10,12H2,2H3. The first-order valence-corrected chi connectivity index (χ1v) is 7.61. The molecular formula is C16H20N2OS. The van der Waals surface area contributed by atoms with E-state index in [1.807, 2.05) is 24.4 Å². The molecule has 0 unspecified atom stereocenters. The fourth-order valence-electron chi connectivity index (χ4n) is 1.84. The first kappa shape index (κ1) is 14.8. The molecule has 0 atom stereocenters. The van der Waals surface area contributed by atoms with Crippen LogP contribution in [0.3, 0.4) is 0 Å². The van der Waals surface area contributed by atoms with E-state index in [4.69, 9.17) is 4.74 Å². The van der Waals surface area contributed by atoms with Crippen molar-refractivity contribution in [2.45, 2.75) is 26.4 Å². The smallest absolute Gasteiger partial charge is 0.124 e. The summed E-state index contributed by atoms with van der Waals surface area (Å²) in [5.41, 5.74) is 1.15. The first-order chi connectivity index (χ1) is 9.83. The number of ether oxygens (including phenoxy) is 1. The molecule has 0 saturated carbocycles. The number of para-hydroxylation sites is 1. The molecule has 1 aromatic carbocycles. The maximum Gasteiger partial charge on any atom is 0.124 e. The summed E-state index contributed by atoms with van der Waals surface area (Å²) in [6.07, 6.45) is 4.77. The Labute approximate surface area is 124 Å². The zero-order valence-corrected chi connectivity index (χ0v) is 12.6. The van der Waals surface area contributed by atoms with Crippen molar-refractivity contribution in [2.75, 3.05) is 6.61 Å². The van der Waals surface area contributed by atoms with Crippen LogP contribution in [0.15, 0.2) is 43.1 Å². The molecule has 3 nitrogen and oxygen atoms in total. The molecule has 0 radical (unpaired) electrons. The molecule has 4 heteroatoms. The van der Waals surface area contributed by atoms with Crippen molar-refractivity contribution < 1.29 is 4.74 Å².